The summed E-state index contributed by atoms with van der Waals surface area (Å²) in [4.78, 5) is 14.0. The third kappa shape index (κ3) is 3.07. The molecule has 0 saturated heterocycles. The monoisotopic (exact) mass is 493 g/mol. The summed E-state index contributed by atoms with van der Waals surface area (Å²) in [6, 6.07) is 35.4. The second-order valence-corrected chi connectivity index (χ2v) is 9.70. The highest BCUT2D eigenvalue weighted by molar-refractivity contribution is 6.14. The maximum absolute atomic E-state index is 6.44. The van der Waals surface area contributed by atoms with Crippen molar-refractivity contribution in [3.63, 3.8) is 0 Å². The lowest BCUT2D eigenvalue weighted by atomic mass is 10.1. The molecule has 182 valence electrons. The minimum atomic E-state index is 0.740. The molecular weight excluding hydrogens is 470 g/mol. The van der Waals surface area contributed by atoms with E-state index in [-0.39, 0.29) is 0 Å². The fourth-order valence-electron chi connectivity index (χ4n) is 5.67. The Kier molecular flexibility index (Phi) is 4.40. The fraction of sp³-hybridized carbons (Fsp3) is 0.0625. The summed E-state index contributed by atoms with van der Waals surface area (Å²) in [6.45, 7) is 0.740. The van der Waals surface area contributed by atoms with Gasteiger partial charge < -0.3 is 14.5 Å². The first-order valence-electron chi connectivity index (χ1n) is 12.7. The number of anilines is 3. The van der Waals surface area contributed by atoms with Gasteiger partial charge in [-0.2, -0.15) is 0 Å². The van der Waals surface area contributed by atoms with Crippen molar-refractivity contribution in [3.8, 4) is 11.5 Å². The van der Waals surface area contributed by atoms with Crippen molar-refractivity contribution in [1.82, 2.24) is 14.4 Å². The molecule has 0 amide bonds. The highest BCUT2D eigenvalue weighted by Gasteiger charge is 2.25. The lowest BCUT2D eigenvalue weighted by Crippen LogP contribution is -2.24. The summed E-state index contributed by atoms with van der Waals surface area (Å²) < 4.78 is 8.70. The number of rotatable bonds is 3. The Morgan fingerprint density at radius 1 is 0.711 bits per heavy atom. The molecule has 6 heteroatoms. The molecule has 6 nitrogen and oxygen atoms in total. The number of hydrogen-bond donors (Lipinski definition) is 0. The van der Waals surface area contributed by atoms with E-state index in [4.69, 9.17) is 9.72 Å². The van der Waals surface area contributed by atoms with Crippen LogP contribution in [0.5, 0.6) is 11.5 Å². The van der Waals surface area contributed by atoms with Gasteiger partial charge in [-0.15, -0.1) is 0 Å². The molecule has 0 aliphatic carbocycles. The van der Waals surface area contributed by atoms with E-state index >= 15 is 0 Å². The van der Waals surface area contributed by atoms with Gasteiger partial charge >= 0.3 is 0 Å². The van der Waals surface area contributed by atoms with Crippen LogP contribution in [0.2, 0.25) is 0 Å². The van der Waals surface area contributed by atoms with E-state index in [9.17, 15) is 0 Å². The molecule has 3 aromatic heterocycles. The number of fused-ring (bicyclic) bond motifs is 9. The van der Waals surface area contributed by atoms with E-state index < -0.39 is 0 Å². The Hall–Kier alpha value is -5.10. The Morgan fingerprint density at radius 3 is 2.50 bits per heavy atom. The van der Waals surface area contributed by atoms with E-state index in [0.29, 0.717) is 0 Å². The zero-order valence-corrected chi connectivity index (χ0v) is 20.7. The average molecular weight is 494 g/mol. The summed E-state index contributed by atoms with van der Waals surface area (Å²) in [6.07, 6.45) is 1.83. The van der Waals surface area contributed by atoms with Crippen LogP contribution in [-0.4, -0.2) is 28.1 Å². The van der Waals surface area contributed by atoms with Gasteiger partial charge in [-0.3, -0.25) is 4.40 Å². The van der Waals surface area contributed by atoms with Crippen LogP contribution >= 0.6 is 0 Å². The normalized spacial score (nSPS) is 13.2. The molecule has 0 N–H and O–H groups in total. The summed E-state index contributed by atoms with van der Waals surface area (Å²) >= 11 is 0. The first kappa shape index (κ1) is 21.0. The smallest absolute Gasteiger partial charge is 0.153 e. The van der Waals surface area contributed by atoms with Crippen LogP contribution in [0.15, 0.2) is 109 Å². The lowest BCUT2D eigenvalue weighted by Gasteiger charge is -2.20. The van der Waals surface area contributed by atoms with Crippen LogP contribution in [0, 0.1) is 0 Å². The largest absolute Gasteiger partial charge is 0.457 e. The first-order valence-corrected chi connectivity index (χ1v) is 12.7. The molecule has 0 atom stereocenters. The topological polar surface area (TPSA) is 45.9 Å². The molecule has 38 heavy (non-hydrogen) atoms. The van der Waals surface area contributed by atoms with Crippen molar-refractivity contribution in [3.05, 3.63) is 109 Å². The molecule has 0 unspecified atom stereocenters. The molecule has 1 aliphatic heterocycles. The van der Waals surface area contributed by atoms with Crippen LogP contribution in [0.3, 0.4) is 0 Å². The maximum atomic E-state index is 6.44. The molecular formula is C32H23N5O. The quantitative estimate of drug-likeness (QED) is 0.238. The Labute approximate surface area is 219 Å². The number of hydrogen-bond acceptors (Lipinski definition) is 5. The maximum Gasteiger partial charge on any atom is 0.153 e. The SMILES string of the molecule is CN1CN(c2cccc(Oc3ccc4c5ccccc5n5c6ccccc6nc5c4c3)c2)c2cccnc21. The molecule has 0 saturated carbocycles. The van der Waals surface area contributed by atoms with Gasteiger partial charge in [0.2, 0.25) is 0 Å². The third-order valence-corrected chi connectivity index (χ3v) is 7.36. The number of nitrogens with zero attached hydrogens (tertiary/aromatic N) is 5. The van der Waals surface area contributed by atoms with Crippen LogP contribution in [0.25, 0.3) is 38.4 Å². The van der Waals surface area contributed by atoms with Gasteiger partial charge in [0.05, 0.1) is 28.9 Å². The molecule has 0 radical (unpaired) electrons. The van der Waals surface area contributed by atoms with Gasteiger partial charge in [0, 0.05) is 35.8 Å². The second kappa shape index (κ2) is 7.95. The number of benzene rings is 4. The number of ether oxygens (including phenoxy) is 1. The molecule has 0 fully saturated rings. The van der Waals surface area contributed by atoms with Gasteiger partial charge in [-0.05, 0) is 66.0 Å². The van der Waals surface area contributed by atoms with E-state index in [1.54, 1.807) is 0 Å². The second-order valence-electron chi connectivity index (χ2n) is 9.70. The average Bonchev–Trinajstić information content (AvgIpc) is 3.52. The van der Waals surface area contributed by atoms with Crippen molar-refractivity contribution in [1.29, 1.82) is 0 Å². The molecule has 0 spiro atoms. The standard InChI is InChI=1S/C32H23N5O/c1-35-20-36(30-14-7-17-33-32(30)35)21-8-6-9-22(18-21)38-23-15-16-24-25-10-2-4-12-28(25)37-29-13-5-3-11-27(29)34-31(37)26(24)19-23/h2-19H,20H2,1H3. The Balaban J connectivity index is 1.25. The van der Waals surface area contributed by atoms with Gasteiger partial charge in [-0.1, -0.05) is 36.4 Å². The zero-order chi connectivity index (χ0) is 25.2. The van der Waals surface area contributed by atoms with E-state index in [2.05, 4.69) is 99.0 Å². The molecule has 7 aromatic rings. The highest BCUT2D eigenvalue weighted by Crippen LogP contribution is 2.40. The van der Waals surface area contributed by atoms with Gasteiger partial charge in [0.15, 0.2) is 5.82 Å². The van der Waals surface area contributed by atoms with E-state index in [1.807, 2.05) is 36.5 Å². The van der Waals surface area contributed by atoms with Crippen LogP contribution in [-0.2, 0) is 0 Å². The van der Waals surface area contributed by atoms with Crippen molar-refractivity contribution in [2.45, 2.75) is 0 Å². The third-order valence-electron chi connectivity index (χ3n) is 7.36. The summed E-state index contributed by atoms with van der Waals surface area (Å²) in [5.41, 5.74) is 6.33. The fourth-order valence-corrected chi connectivity index (χ4v) is 5.67. The molecule has 1 aliphatic rings. The Bertz CT molecular complexity index is 2030. The number of pyridine rings is 2. The number of imidazole rings is 1. The van der Waals surface area contributed by atoms with Crippen LogP contribution in [0.1, 0.15) is 0 Å². The van der Waals surface area contributed by atoms with Crippen molar-refractivity contribution in [2.24, 2.45) is 0 Å². The molecule has 8 rings (SSSR count). The van der Waals surface area contributed by atoms with Crippen molar-refractivity contribution < 1.29 is 4.74 Å². The van der Waals surface area contributed by atoms with Crippen LogP contribution in [0.4, 0.5) is 17.2 Å². The first-order chi connectivity index (χ1) is 18.7. The van der Waals surface area contributed by atoms with Gasteiger partial charge in [-0.25, -0.2) is 9.97 Å². The summed E-state index contributed by atoms with van der Waals surface area (Å²) in [5.74, 6) is 2.54. The number of aromatic nitrogens is 3. The van der Waals surface area contributed by atoms with Gasteiger partial charge in [0.25, 0.3) is 0 Å². The molecule has 4 heterocycles. The molecule has 4 aromatic carbocycles. The van der Waals surface area contributed by atoms with Crippen LogP contribution < -0.4 is 14.5 Å². The summed E-state index contributed by atoms with van der Waals surface area (Å²) in [5, 5.41) is 3.42. The van der Waals surface area contributed by atoms with Crippen molar-refractivity contribution >= 4 is 55.5 Å². The zero-order valence-electron chi connectivity index (χ0n) is 20.7. The van der Waals surface area contributed by atoms with E-state index in [1.165, 1.54) is 5.39 Å². The number of para-hydroxylation sites is 3. The summed E-state index contributed by atoms with van der Waals surface area (Å²) in [7, 11) is 2.06. The van der Waals surface area contributed by atoms with E-state index in [0.717, 1.165) is 68.3 Å². The lowest BCUT2D eigenvalue weighted by molar-refractivity contribution is 0.483. The van der Waals surface area contributed by atoms with Gasteiger partial charge in [0.1, 0.15) is 17.1 Å². The minimum absolute atomic E-state index is 0.740. The minimum Gasteiger partial charge on any atom is -0.457 e. The Morgan fingerprint density at radius 2 is 1.55 bits per heavy atom. The molecule has 0 bridgehead atoms. The van der Waals surface area contributed by atoms with Crippen molar-refractivity contribution in [2.75, 3.05) is 23.5 Å². The highest BCUT2D eigenvalue weighted by atomic mass is 16.5. The predicted octanol–water partition coefficient (Wildman–Crippen LogP) is 7.53. The predicted molar refractivity (Wildman–Crippen MR) is 154 cm³/mol.